The van der Waals surface area contributed by atoms with E-state index < -0.39 is 23.7 Å². The third-order valence-corrected chi connectivity index (χ3v) is 3.26. The van der Waals surface area contributed by atoms with Gasteiger partial charge in [-0.2, -0.15) is 18.2 Å². The summed E-state index contributed by atoms with van der Waals surface area (Å²) in [5.41, 5.74) is 0.450. The van der Waals surface area contributed by atoms with Crippen LogP contribution in [0.2, 0.25) is 0 Å². The highest BCUT2D eigenvalue weighted by molar-refractivity contribution is 5.66. The number of alkyl halides is 3. The average Bonchev–Trinajstić information content (AvgIpc) is 2.93. The molecule has 6 nitrogen and oxygen atoms in total. The Hall–Kier alpha value is -2.58. The molecule has 0 fully saturated rings. The molecule has 1 heterocycles. The van der Waals surface area contributed by atoms with Crippen molar-refractivity contribution < 1.29 is 27.6 Å². The monoisotopic (exact) mass is 343 g/mol. The number of halogens is 3. The zero-order valence-electron chi connectivity index (χ0n) is 13.3. The molecule has 0 spiro atoms. The van der Waals surface area contributed by atoms with Crippen LogP contribution in [-0.2, 0) is 12.7 Å². The molecule has 0 bridgehead atoms. The number of hydrogen-bond acceptors (Lipinski definition) is 4. The molecule has 0 unspecified atom stereocenters. The summed E-state index contributed by atoms with van der Waals surface area (Å²) >= 11 is 0. The van der Waals surface area contributed by atoms with E-state index in [0.29, 0.717) is 11.1 Å². The van der Waals surface area contributed by atoms with Gasteiger partial charge in [0.25, 0.3) is 0 Å². The lowest BCUT2D eigenvalue weighted by Crippen LogP contribution is -2.44. The fraction of sp³-hybridized carbons (Fsp3) is 0.400. The molecule has 24 heavy (non-hydrogen) atoms. The van der Waals surface area contributed by atoms with Crippen LogP contribution in [0.25, 0.3) is 11.4 Å². The predicted octanol–water partition coefficient (Wildman–Crippen LogP) is 4.03. The van der Waals surface area contributed by atoms with Crippen LogP contribution in [0.3, 0.4) is 0 Å². The molecule has 0 atom stereocenters. The Morgan fingerprint density at radius 2 is 1.79 bits per heavy atom. The lowest BCUT2D eigenvalue weighted by atomic mass is 10.0. The molecule has 0 saturated heterocycles. The smallest absolute Gasteiger partial charge is 0.465 e. The summed E-state index contributed by atoms with van der Waals surface area (Å²) in [6, 6.07) is 6.26. The Morgan fingerprint density at radius 1 is 1.21 bits per heavy atom. The van der Waals surface area contributed by atoms with E-state index in [-0.39, 0.29) is 12.4 Å². The van der Waals surface area contributed by atoms with E-state index in [1.165, 1.54) is 17.0 Å². The van der Waals surface area contributed by atoms with Crippen molar-refractivity contribution >= 4 is 6.09 Å². The van der Waals surface area contributed by atoms with Crippen LogP contribution in [-0.4, -0.2) is 31.8 Å². The average molecular weight is 343 g/mol. The molecular formula is C15H16F3N3O3. The van der Waals surface area contributed by atoms with Gasteiger partial charge in [0.1, 0.15) is 0 Å². The number of hydrogen-bond donors (Lipinski definition) is 1. The maximum absolute atomic E-state index is 12.5. The number of aromatic nitrogens is 2. The van der Waals surface area contributed by atoms with Gasteiger partial charge >= 0.3 is 18.2 Å². The number of rotatable bonds is 3. The van der Waals surface area contributed by atoms with Gasteiger partial charge in [-0.1, -0.05) is 29.4 Å². The molecule has 1 N–H and O–H groups in total. The van der Waals surface area contributed by atoms with Gasteiger partial charge in [0.05, 0.1) is 0 Å². The third-order valence-electron chi connectivity index (χ3n) is 3.26. The van der Waals surface area contributed by atoms with Crippen LogP contribution in [0.15, 0.2) is 28.8 Å². The molecule has 1 amide bonds. The lowest BCUT2D eigenvalue weighted by molar-refractivity contribution is -0.159. The van der Waals surface area contributed by atoms with Crippen LogP contribution >= 0.6 is 0 Å². The second-order valence-electron chi connectivity index (χ2n) is 6.16. The Balaban J connectivity index is 2.19. The number of nitrogens with zero attached hydrogens (tertiary/aromatic N) is 3. The first-order valence-corrected chi connectivity index (χ1v) is 6.99. The van der Waals surface area contributed by atoms with Gasteiger partial charge in [0.2, 0.25) is 5.82 Å². The fourth-order valence-electron chi connectivity index (χ4n) is 1.99. The van der Waals surface area contributed by atoms with Gasteiger partial charge in [0.15, 0.2) is 0 Å². The Labute approximate surface area is 135 Å². The molecular weight excluding hydrogens is 327 g/mol. The normalized spacial score (nSPS) is 12.2. The van der Waals surface area contributed by atoms with E-state index in [1.54, 1.807) is 32.9 Å². The molecule has 2 rings (SSSR count). The van der Waals surface area contributed by atoms with Crippen molar-refractivity contribution in [3.8, 4) is 11.4 Å². The number of amides is 1. The Bertz CT molecular complexity index is 718. The first-order chi connectivity index (χ1) is 11.0. The molecule has 0 saturated carbocycles. The summed E-state index contributed by atoms with van der Waals surface area (Å²) in [6.07, 6.45) is -5.75. The van der Waals surface area contributed by atoms with Crippen molar-refractivity contribution in [1.82, 2.24) is 15.0 Å². The first kappa shape index (κ1) is 17.8. The van der Waals surface area contributed by atoms with Gasteiger partial charge < -0.3 is 9.63 Å². The van der Waals surface area contributed by atoms with Crippen LogP contribution in [0, 0.1) is 0 Å². The van der Waals surface area contributed by atoms with Gasteiger partial charge in [0, 0.05) is 17.6 Å². The highest BCUT2D eigenvalue weighted by Gasteiger charge is 2.38. The lowest BCUT2D eigenvalue weighted by Gasteiger charge is -2.33. The standard InChI is InChI=1S/C15H16F3N3O3/c1-14(2,3)21(13(22)23)8-9-4-6-10(7-5-9)11-19-12(24-20-11)15(16,17)18/h4-7H,8H2,1-3H3,(H,22,23). The maximum Gasteiger partial charge on any atom is 0.471 e. The first-order valence-electron chi connectivity index (χ1n) is 6.99. The predicted molar refractivity (Wildman–Crippen MR) is 78.1 cm³/mol. The third kappa shape index (κ3) is 4.03. The Kier molecular flexibility index (Phi) is 4.54. The highest BCUT2D eigenvalue weighted by atomic mass is 19.4. The van der Waals surface area contributed by atoms with Crippen molar-refractivity contribution in [2.75, 3.05) is 0 Å². The molecule has 0 aliphatic carbocycles. The van der Waals surface area contributed by atoms with E-state index in [4.69, 9.17) is 0 Å². The quantitative estimate of drug-likeness (QED) is 0.910. The van der Waals surface area contributed by atoms with Crippen LogP contribution in [0.5, 0.6) is 0 Å². The number of carboxylic acid groups (broad SMARTS) is 1. The van der Waals surface area contributed by atoms with E-state index in [2.05, 4.69) is 14.7 Å². The molecule has 0 radical (unpaired) electrons. The fourth-order valence-corrected chi connectivity index (χ4v) is 1.99. The molecule has 0 aliphatic rings. The van der Waals surface area contributed by atoms with Gasteiger partial charge in [-0.05, 0) is 26.3 Å². The van der Waals surface area contributed by atoms with Gasteiger partial charge in [-0.25, -0.2) is 4.79 Å². The number of benzene rings is 1. The molecule has 1 aromatic carbocycles. The Morgan fingerprint density at radius 3 is 2.21 bits per heavy atom. The van der Waals surface area contributed by atoms with E-state index >= 15 is 0 Å². The van der Waals surface area contributed by atoms with E-state index in [0.717, 1.165) is 0 Å². The van der Waals surface area contributed by atoms with Gasteiger partial charge in [-0.15, -0.1) is 0 Å². The molecule has 2 aromatic rings. The van der Waals surface area contributed by atoms with Crippen molar-refractivity contribution in [2.45, 2.75) is 39.0 Å². The molecule has 130 valence electrons. The topological polar surface area (TPSA) is 79.5 Å². The van der Waals surface area contributed by atoms with Crippen LogP contribution in [0.1, 0.15) is 32.2 Å². The summed E-state index contributed by atoms with van der Waals surface area (Å²) in [6.45, 7) is 5.47. The minimum Gasteiger partial charge on any atom is -0.465 e. The van der Waals surface area contributed by atoms with Crippen LogP contribution < -0.4 is 0 Å². The minimum atomic E-state index is -4.69. The zero-order valence-corrected chi connectivity index (χ0v) is 13.3. The summed E-state index contributed by atoms with van der Waals surface area (Å²) in [4.78, 5) is 15.9. The van der Waals surface area contributed by atoms with E-state index in [9.17, 15) is 23.1 Å². The number of carbonyl (C=O) groups is 1. The zero-order chi connectivity index (χ0) is 18.1. The molecule has 0 aliphatic heterocycles. The SMILES string of the molecule is CC(C)(C)N(Cc1ccc(-c2noc(C(F)(F)F)n2)cc1)C(=O)O. The summed E-state index contributed by atoms with van der Waals surface area (Å²) < 4.78 is 41.5. The minimum absolute atomic E-state index is 0.152. The van der Waals surface area contributed by atoms with E-state index in [1.807, 2.05) is 0 Å². The summed E-state index contributed by atoms with van der Waals surface area (Å²) in [5, 5.41) is 12.6. The second kappa shape index (κ2) is 6.14. The molecule has 1 aromatic heterocycles. The van der Waals surface area contributed by atoms with Crippen molar-refractivity contribution in [2.24, 2.45) is 0 Å². The second-order valence-corrected chi connectivity index (χ2v) is 6.16. The van der Waals surface area contributed by atoms with Crippen LogP contribution in [0.4, 0.5) is 18.0 Å². The van der Waals surface area contributed by atoms with Gasteiger partial charge in [-0.3, -0.25) is 4.90 Å². The summed E-state index contributed by atoms with van der Waals surface area (Å²) in [5.74, 6) is -1.59. The summed E-state index contributed by atoms with van der Waals surface area (Å²) in [7, 11) is 0. The maximum atomic E-state index is 12.5. The largest absolute Gasteiger partial charge is 0.471 e. The van der Waals surface area contributed by atoms with Crippen molar-refractivity contribution in [1.29, 1.82) is 0 Å². The molecule has 9 heteroatoms. The highest BCUT2D eigenvalue weighted by Crippen LogP contribution is 2.29. The van der Waals surface area contributed by atoms with Crippen molar-refractivity contribution in [3.05, 3.63) is 35.7 Å². The van der Waals surface area contributed by atoms with Crippen molar-refractivity contribution in [3.63, 3.8) is 0 Å².